The number of nitriles is 2. The van der Waals surface area contributed by atoms with Crippen LogP contribution in [0.1, 0.15) is 22.4 Å². The third-order valence-electron chi connectivity index (χ3n) is 4.02. The molecule has 3 aromatic rings. The molecule has 0 aliphatic rings. The second kappa shape index (κ2) is 8.01. The molecular weight excluding hydrogens is 388 g/mol. The Bertz CT molecular complexity index is 1250. The first-order valence-electron chi connectivity index (χ1n) is 8.51. The molecule has 0 saturated carbocycles. The molecule has 0 saturated heterocycles. The Morgan fingerprint density at radius 1 is 1.00 bits per heavy atom. The minimum absolute atomic E-state index is 0.0329. The predicted molar refractivity (Wildman–Crippen MR) is 107 cm³/mol. The summed E-state index contributed by atoms with van der Waals surface area (Å²) in [4.78, 5) is 4.29. The maximum atomic E-state index is 12.6. The lowest BCUT2D eigenvalue weighted by Crippen LogP contribution is -2.12. The van der Waals surface area contributed by atoms with E-state index in [-0.39, 0.29) is 16.5 Å². The molecule has 8 heteroatoms. The van der Waals surface area contributed by atoms with Crippen molar-refractivity contribution < 1.29 is 13.2 Å². The van der Waals surface area contributed by atoms with Crippen LogP contribution in [0, 0.1) is 36.5 Å². The smallest absolute Gasteiger partial charge is 0.261 e. The number of hydrogen-bond acceptors (Lipinski definition) is 6. The van der Waals surface area contributed by atoms with Gasteiger partial charge in [0.2, 0.25) is 5.88 Å². The number of aryl methyl sites for hydroxylation is 2. The fourth-order valence-electron chi connectivity index (χ4n) is 2.67. The first kappa shape index (κ1) is 19.9. The molecule has 29 heavy (non-hydrogen) atoms. The topological polar surface area (TPSA) is 116 Å². The van der Waals surface area contributed by atoms with Gasteiger partial charge < -0.3 is 4.74 Å². The Balaban J connectivity index is 1.87. The normalized spacial score (nSPS) is 10.6. The molecule has 0 aliphatic heterocycles. The molecule has 1 heterocycles. The number of hydrogen-bond donors (Lipinski definition) is 1. The average molecular weight is 404 g/mol. The highest BCUT2D eigenvalue weighted by Gasteiger charge is 2.15. The molecule has 2 aromatic carbocycles. The Morgan fingerprint density at radius 2 is 1.72 bits per heavy atom. The van der Waals surface area contributed by atoms with Crippen LogP contribution in [0.25, 0.3) is 0 Å². The summed E-state index contributed by atoms with van der Waals surface area (Å²) in [7, 11) is -3.84. The summed E-state index contributed by atoms with van der Waals surface area (Å²) in [5.41, 5.74) is 2.42. The SMILES string of the molecule is Cc1cc(C)c(C#N)c(Oc2cccc(NS(=O)(=O)c3ccc(C#N)cc3)c2)n1. The first-order valence-corrected chi connectivity index (χ1v) is 10.00. The van der Waals surface area contributed by atoms with Crippen molar-refractivity contribution >= 4 is 15.7 Å². The van der Waals surface area contributed by atoms with Crippen molar-refractivity contribution in [1.29, 1.82) is 10.5 Å². The lowest BCUT2D eigenvalue weighted by Gasteiger charge is -2.12. The van der Waals surface area contributed by atoms with Gasteiger partial charge in [0.05, 0.1) is 22.2 Å². The summed E-state index contributed by atoms with van der Waals surface area (Å²) < 4.78 is 33.4. The van der Waals surface area contributed by atoms with E-state index in [2.05, 4.69) is 15.8 Å². The van der Waals surface area contributed by atoms with Crippen LogP contribution in [-0.4, -0.2) is 13.4 Å². The number of benzene rings is 2. The maximum Gasteiger partial charge on any atom is 0.261 e. The zero-order chi connectivity index (χ0) is 21.0. The van der Waals surface area contributed by atoms with Gasteiger partial charge in [-0.3, -0.25) is 4.72 Å². The largest absolute Gasteiger partial charge is 0.438 e. The number of rotatable bonds is 5. The van der Waals surface area contributed by atoms with Crippen molar-refractivity contribution in [2.75, 3.05) is 4.72 Å². The summed E-state index contributed by atoms with van der Waals surface area (Å²) in [6, 6.07) is 17.7. The third kappa shape index (κ3) is 4.52. The fraction of sp³-hybridized carbons (Fsp3) is 0.0952. The van der Waals surface area contributed by atoms with E-state index >= 15 is 0 Å². The molecule has 0 bridgehead atoms. The van der Waals surface area contributed by atoms with E-state index in [1.807, 2.05) is 6.07 Å². The van der Waals surface area contributed by atoms with Gasteiger partial charge in [0.25, 0.3) is 10.0 Å². The molecule has 0 aliphatic carbocycles. The van der Waals surface area contributed by atoms with E-state index < -0.39 is 10.0 Å². The number of nitrogens with zero attached hydrogens (tertiary/aromatic N) is 3. The van der Waals surface area contributed by atoms with E-state index in [4.69, 9.17) is 10.00 Å². The lowest BCUT2D eigenvalue weighted by atomic mass is 10.1. The molecular formula is C21H16N4O3S. The van der Waals surface area contributed by atoms with Crippen molar-refractivity contribution in [3.8, 4) is 23.8 Å². The van der Waals surface area contributed by atoms with Gasteiger partial charge in [0.1, 0.15) is 17.4 Å². The quantitative estimate of drug-likeness (QED) is 0.686. The van der Waals surface area contributed by atoms with Crippen molar-refractivity contribution in [2.24, 2.45) is 0 Å². The lowest BCUT2D eigenvalue weighted by molar-refractivity contribution is 0.459. The van der Waals surface area contributed by atoms with Gasteiger partial charge in [-0.15, -0.1) is 0 Å². The predicted octanol–water partition coefficient (Wildman–Crippen LogP) is 4.03. The van der Waals surface area contributed by atoms with Crippen molar-refractivity contribution in [2.45, 2.75) is 18.7 Å². The van der Waals surface area contributed by atoms with E-state index in [1.165, 1.54) is 30.3 Å². The molecule has 0 radical (unpaired) electrons. The first-order chi connectivity index (χ1) is 13.8. The Labute approximate surface area is 168 Å². The third-order valence-corrected chi connectivity index (χ3v) is 5.41. The van der Waals surface area contributed by atoms with E-state index in [0.29, 0.717) is 22.6 Å². The molecule has 144 valence electrons. The van der Waals surface area contributed by atoms with Gasteiger partial charge in [-0.1, -0.05) is 6.07 Å². The number of anilines is 1. The number of aromatic nitrogens is 1. The molecule has 0 amide bonds. The summed E-state index contributed by atoms with van der Waals surface area (Å²) in [5.74, 6) is 0.496. The highest BCUT2D eigenvalue weighted by atomic mass is 32.2. The highest BCUT2D eigenvalue weighted by Crippen LogP contribution is 2.28. The second-order valence-corrected chi connectivity index (χ2v) is 7.93. The number of sulfonamides is 1. The zero-order valence-electron chi connectivity index (χ0n) is 15.7. The molecule has 1 aromatic heterocycles. The number of pyridine rings is 1. The Kier molecular flexibility index (Phi) is 5.49. The molecule has 0 fully saturated rings. The summed E-state index contributed by atoms with van der Waals surface area (Å²) >= 11 is 0. The van der Waals surface area contributed by atoms with Crippen molar-refractivity contribution in [3.63, 3.8) is 0 Å². The summed E-state index contributed by atoms with van der Waals surface area (Å²) in [6.45, 7) is 3.59. The molecule has 0 spiro atoms. The number of nitrogens with one attached hydrogen (secondary N) is 1. The minimum atomic E-state index is -3.84. The summed E-state index contributed by atoms with van der Waals surface area (Å²) in [5, 5.41) is 18.2. The van der Waals surface area contributed by atoms with Gasteiger partial charge in [0, 0.05) is 11.8 Å². The van der Waals surface area contributed by atoms with Gasteiger partial charge >= 0.3 is 0 Å². The van der Waals surface area contributed by atoms with Crippen LogP contribution in [-0.2, 0) is 10.0 Å². The van der Waals surface area contributed by atoms with E-state index in [9.17, 15) is 13.7 Å². The standard InChI is InChI=1S/C21H16N4O3S/c1-14-10-15(2)24-21(20(14)13-23)28-18-5-3-4-17(11-18)25-29(26,27)19-8-6-16(12-22)7-9-19/h3-11,25H,1-2H3. The Morgan fingerprint density at radius 3 is 2.38 bits per heavy atom. The molecule has 0 unspecified atom stereocenters. The van der Waals surface area contributed by atoms with Gasteiger partial charge in [-0.05, 0) is 61.9 Å². The summed E-state index contributed by atoms with van der Waals surface area (Å²) in [6.07, 6.45) is 0. The van der Waals surface area contributed by atoms with Crippen LogP contribution in [0.2, 0.25) is 0 Å². The highest BCUT2D eigenvalue weighted by molar-refractivity contribution is 7.92. The Hall–Kier alpha value is -3.88. The maximum absolute atomic E-state index is 12.6. The van der Waals surface area contributed by atoms with Gasteiger partial charge in [-0.25, -0.2) is 13.4 Å². The molecule has 3 rings (SSSR count). The van der Waals surface area contributed by atoms with Crippen LogP contribution in [0.15, 0.2) is 59.5 Å². The van der Waals surface area contributed by atoms with Crippen LogP contribution in [0.5, 0.6) is 11.6 Å². The van der Waals surface area contributed by atoms with E-state index in [0.717, 1.165) is 5.56 Å². The van der Waals surface area contributed by atoms with Crippen molar-refractivity contribution in [1.82, 2.24) is 4.98 Å². The van der Waals surface area contributed by atoms with Crippen LogP contribution in [0.3, 0.4) is 0 Å². The minimum Gasteiger partial charge on any atom is -0.438 e. The second-order valence-electron chi connectivity index (χ2n) is 6.24. The monoisotopic (exact) mass is 404 g/mol. The van der Waals surface area contributed by atoms with Crippen LogP contribution < -0.4 is 9.46 Å². The van der Waals surface area contributed by atoms with E-state index in [1.54, 1.807) is 38.1 Å². The molecule has 1 N–H and O–H groups in total. The van der Waals surface area contributed by atoms with Gasteiger partial charge in [-0.2, -0.15) is 10.5 Å². The fourth-order valence-corrected chi connectivity index (χ4v) is 3.72. The van der Waals surface area contributed by atoms with Crippen molar-refractivity contribution in [3.05, 3.63) is 77.0 Å². The zero-order valence-corrected chi connectivity index (χ0v) is 16.5. The molecule has 0 atom stereocenters. The number of ether oxygens (including phenoxy) is 1. The van der Waals surface area contributed by atoms with Gasteiger partial charge in [0.15, 0.2) is 0 Å². The molecule has 7 nitrogen and oxygen atoms in total. The average Bonchev–Trinajstić information content (AvgIpc) is 2.68. The van der Waals surface area contributed by atoms with Crippen LogP contribution >= 0.6 is 0 Å². The van der Waals surface area contributed by atoms with Crippen LogP contribution in [0.4, 0.5) is 5.69 Å².